The van der Waals surface area contributed by atoms with Gasteiger partial charge in [0.1, 0.15) is 4.88 Å². The lowest BCUT2D eigenvalue weighted by molar-refractivity contribution is 0.0700. The van der Waals surface area contributed by atoms with E-state index in [-0.39, 0.29) is 5.92 Å². The number of carboxylic acids is 1. The molecule has 0 amide bonds. The Morgan fingerprint density at radius 1 is 1.50 bits per heavy atom. The summed E-state index contributed by atoms with van der Waals surface area (Å²) in [6, 6.07) is 0.454. The second-order valence-corrected chi connectivity index (χ2v) is 6.69. The Morgan fingerprint density at radius 2 is 2.25 bits per heavy atom. The first-order valence-corrected chi connectivity index (χ1v) is 8.36. The molecule has 2 heterocycles. The Morgan fingerprint density at radius 3 is 2.90 bits per heavy atom. The van der Waals surface area contributed by atoms with Crippen molar-refractivity contribution in [3.8, 4) is 0 Å². The van der Waals surface area contributed by atoms with Gasteiger partial charge in [-0.05, 0) is 32.1 Å². The molecule has 5 heteroatoms. The van der Waals surface area contributed by atoms with Crippen molar-refractivity contribution in [2.45, 2.75) is 64.8 Å². The molecule has 1 aliphatic rings. The number of carboxylic acid groups (broad SMARTS) is 1. The first-order valence-electron chi connectivity index (χ1n) is 7.55. The Labute approximate surface area is 124 Å². The molecule has 1 N–H and O–H groups in total. The summed E-state index contributed by atoms with van der Waals surface area (Å²) in [5.41, 5.74) is 0.761. The van der Waals surface area contributed by atoms with Crippen LogP contribution in [0.1, 0.15) is 74.2 Å². The molecule has 1 aromatic heterocycles. The quantitative estimate of drug-likeness (QED) is 0.908. The van der Waals surface area contributed by atoms with E-state index >= 15 is 0 Å². The predicted molar refractivity (Wildman–Crippen MR) is 83.1 cm³/mol. The van der Waals surface area contributed by atoms with E-state index in [1.54, 1.807) is 0 Å². The lowest BCUT2D eigenvalue weighted by atomic mass is 10.0. The highest BCUT2D eigenvalue weighted by Gasteiger charge is 2.26. The van der Waals surface area contributed by atoms with Crippen molar-refractivity contribution < 1.29 is 9.90 Å². The molecule has 2 rings (SSSR count). The molecule has 20 heavy (non-hydrogen) atoms. The SMILES string of the molecule is CCC(C)c1nc(N2CCCCCC2C)sc1C(=O)O. The summed E-state index contributed by atoms with van der Waals surface area (Å²) in [4.78, 5) is 18.8. The van der Waals surface area contributed by atoms with Crippen molar-refractivity contribution in [1.82, 2.24) is 4.98 Å². The number of carbonyl (C=O) groups is 1. The standard InChI is InChI=1S/C15H24N2O2S/c1-4-10(2)12-13(14(18)19)20-15(16-12)17-9-7-5-6-8-11(17)3/h10-11H,4-9H2,1-3H3,(H,18,19). The topological polar surface area (TPSA) is 53.4 Å². The van der Waals surface area contributed by atoms with Crippen LogP contribution in [0.25, 0.3) is 0 Å². The molecular weight excluding hydrogens is 272 g/mol. The minimum Gasteiger partial charge on any atom is -0.477 e. The van der Waals surface area contributed by atoms with Crippen molar-refractivity contribution in [1.29, 1.82) is 0 Å². The average molecular weight is 296 g/mol. The Balaban J connectivity index is 2.34. The Bertz CT molecular complexity index is 472. The molecule has 0 spiro atoms. The van der Waals surface area contributed by atoms with Crippen LogP contribution in [0.4, 0.5) is 5.13 Å². The fraction of sp³-hybridized carbons (Fsp3) is 0.733. The van der Waals surface area contributed by atoms with Gasteiger partial charge in [0.25, 0.3) is 0 Å². The summed E-state index contributed by atoms with van der Waals surface area (Å²) in [5, 5.41) is 10.3. The highest BCUT2D eigenvalue weighted by molar-refractivity contribution is 7.17. The van der Waals surface area contributed by atoms with Gasteiger partial charge in [0.2, 0.25) is 0 Å². The zero-order chi connectivity index (χ0) is 14.7. The number of nitrogens with zero attached hydrogens (tertiary/aromatic N) is 2. The average Bonchev–Trinajstić information content (AvgIpc) is 2.76. The van der Waals surface area contributed by atoms with Gasteiger partial charge in [0.15, 0.2) is 5.13 Å². The second kappa shape index (κ2) is 6.57. The smallest absolute Gasteiger partial charge is 0.347 e. The fourth-order valence-corrected chi connectivity index (χ4v) is 3.84. The van der Waals surface area contributed by atoms with E-state index < -0.39 is 5.97 Å². The van der Waals surface area contributed by atoms with Crippen LogP contribution < -0.4 is 4.90 Å². The minimum absolute atomic E-state index is 0.202. The van der Waals surface area contributed by atoms with Crippen LogP contribution in [0, 0.1) is 0 Å². The third-order valence-electron chi connectivity index (χ3n) is 4.21. The van der Waals surface area contributed by atoms with Crippen molar-refractivity contribution in [2.75, 3.05) is 11.4 Å². The monoisotopic (exact) mass is 296 g/mol. The van der Waals surface area contributed by atoms with E-state index in [0.29, 0.717) is 10.9 Å². The molecule has 4 nitrogen and oxygen atoms in total. The maximum Gasteiger partial charge on any atom is 0.347 e. The predicted octanol–water partition coefficient (Wildman–Crippen LogP) is 4.12. The molecule has 2 unspecified atom stereocenters. The fourth-order valence-electron chi connectivity index (χ4n) is 2.68. The summed E-state index contributed by atoms with van der Waals surface area (Å²) < 4.78 is 0. The van der Waals surface area contributed by atoms with Gasteiger partial charge in [-0.1, -0.05) is 38.0 Å². The van der Waals surface area contributed by atoms with Crippen molar-refractivity contribution in [3.05, 3.63) is 10.6 Å². The highest BCUT2D eigenvalue weighted by atomic mass is 32.1. The maximum atomic E-state index is 11.4. The van der Waals surface area contributed by atoms with E-state index in [1.165, 1.54) is 37.0 Å². The molecule has 112 valence electrons. The molecule has 0 radical (unpaired) electrons. The largest absolute Gasteiger partial charge is 0.477 e. The maximum absolute atomic E-state index is 11.4. The molecule has 1 aromatic rings. The third kappa shape index (κ3) is 3.14. The molecule has 2 atom stereocenters. The van der Waals surface area contributed by atoms with Gasteiger partial charge in [0.05, 0.1) is 5.69 Å². The van der Waals surface area contributed by atoms with Crippen LogP contribution in [0.5, 0.6) is 0 Å². The summed E-state index contributed by atoms with van der Waals surface area (Å²) >= 11 is 1.35. The van der Waals surface area contributed by atoms with Crippen LogP contribution in [-0.4, -0.2) is 28.6 Å². The zero-order valence-electron chi connectivity index (χ0n) is 12.6. The lowest BCUT2D eigenvalue weighted by Gasteiger charge is -2.26. The van der Waals surface area contributed by atoms with Crippen LogP contribution in [0.2, 0.25) is 0 Å². The van der Waals surface area contributed by atoms with Gasteiger partial charge in [-0.25, -0.2) is 9.78 Å². The summed E-state index contributed by atoms with van der Waals surface area (Å²) in [5.74, 6) is -0.639. The number of aromatic carboxylic acids is 1. The van der Waals surface area contributed by atoms with Gasteiger partial charge >= 0.3 is 5.97 Å². The van der Waals surface area contributed by atoms with E-state index in [2.05, 4.69) is 30.7 Å². The van der Waals surface area contributed by atoms with Gasteiger partial charge in [-0.3, -0.25) is 0 Å². The van der Waals surface area contributed by atoms with Crippen molar-refractivity contribution in [2.24, 2.45) is 0 Å². The zero-order valence-corrected chi connectivity index (χ0v) is 13.4. The molecule has 1 aliphatic heterocycles. The van der Waals surface area contributed by atoms with Gasteiger partial charge in [0, 0.05) is 12.6 Å². The normalized spacial score (nSPS) is 21.6. The summed E-state index contributed by atoms with van der Waals surface area (Å²) in [6.07, 6.45) is 5.77. The van der Waals surface area contributed by atoms with E-state index in [0.717, 1.165) is 23.8 Å². The third-order valence-corrected chi connectivity index (χ3v) is 5.31. The number of rotatable bonds is 4. The van der Waals surface area contributed by atoms with Crippen LogP contribution in [-0.2, 0) is 0 Å². The summed E-state index contributed by atoms with van der Waals surface area (Å²) in [7, 11) is 0. The summed E-state index contributed by atoms with van der Waals surface area (Å²) in [6.45, 7) is 7.34. The van der Waals surface area contributed by atoms with Crippen LogP contribution in [0.15, 0.2) is 0 Å². The molecule has 1 saturated heterocycles. The minimum atomic E-state index is -0.841. The Kier molecular flexibility index (Phi) is 5.02. The molecule has 1 fully saturated rings. The molecule has 0 saturated carbocycles. The van der Waals surface area contributed by atoms with E-state index in [9.17, 15) is 9.90 Å². The molecule has 0 aromatic carbocycles. The molecular formula is C15H24N2O2S. The lowest BCUT2D eigenvalue weighted by Crippen LogP contribution is -2.32. The van der Waals surface area contributed by atoms with Crippen molar-refractivity contribution in [3.63, 3.8) is 0 Å². The van der Waals surface area contributed by atoms with E-state index in [1.807, 2.05) is 0 Å². The van der Waals surface area contributed by atoms with Gasteiger partial charge in [-0.2, -0.15) is 0 Å². The number of hydrogen-bond donors (Lipinski definition) is 1. The van der Waals surface area contributed by atoms with Gasteiger partial charge < -0.3 is 10.0 Å². The second-order valence-electron chi connectivity index (χ2n) is 5.72. The number of hydrogen-bond acceptors (Lipinski definition) is 4. The number of thiazole rings is 1. The Hall–Kier alpha value is -1.10. The van der Waals surface area contributed by atoms with Crippen LogP contribution in [0.3, 0.4) is 0 Å². The van der Waals surface area contributed by atoms with Crippen LogP contribution >= 0.6 is 11.3 Å². The van der Waals surface area contributed by atoms with E-state index in [4.69, 9.17) is 0 Å². The van der Waals surface area contributed by atoms with Gasteiger partial charge in [-0.15, -0.1) is 0 Å². The molecule has 0 bridgehead atoms. The first kappa shape index (κ1) is 15.3. The number of anilines is 1. The highest BCUT2D eigenvalue weighted by Crippen LogP contribution is 2.34. The number of aromatic nitrogens is 1. The van der Waals surface area contributed by atoms with Crippen molar-refractivity contribution >= 4 is 22.4 Å². The molecule has 0 aliphatic carbocycles. The first-order chi connectivity index (χ1) is 9.54.